The number of nitrogens with zero attached hydrogens (tertiary/aromatic N) is 3. The molecule has 3 aromatic rings. The number of likely N-dealkylation sites (tertiary alicyclic amines) is 1. The van der Waals surface area contributed by atoms with E-state index in [1.807, 2.05) is 13.8 Å². The molecule has 0 spiro atoms. The van der Waals surface area contributed by atoms with Gasteiger partial charge in [0.05, 0.1) is 44.0 Å². The van der Waals surface area contributed by atoms with Crippen LogP contribution in [0.2, 0.25) is 0 Å². The fraction of sp³-hybridized carbons (Fsp3) is 0.433. The molecular formula is C30H35F3N4O5. The summed E-state index contributed by atoms with van der Waals surface area (Å²) < 4.78 is 65.4. The van der Waals surface area contributed by atoms with Crippen LogP contribution in [0.4, 0.5) is 19.0 Å². The monoisotopic (exact) mass is 588 g/mol. The van der Waals surface area contributed by atoms with E-state index in [-0.39, 0.29) is 36.5 Å². The van der Waals surface area contributed by atoms with E-state index in [0.29, 0.717) is 35.8 Å². The highest BCUT2D eigenvalue weighted by Crippen LogP contribution is 2.42. The highest BCUT2D eigenvalue weighted by atomic mass is 19.3. The Hall–Kier alpha value is -3.74. The first-order valence-corrected chi connectivity index (χ1v) is 13.8. The molecule has 9 nitrogen and oxygen atoms in total. The van der Waals surface area contributed by atoms with Gasteiger partial charge in [-0.2, -0.15) is 0 Å². The number of anilines is 1. The van der Waals surface area contributed by atoms with Gasteiger partial charge in [-0.1, -0.05) is 13.8 Å². The number of amides is 1. The molecule has 2 saturated heterocycles. The highest BCUT2D eigenvalue weighted by Gasteiger charge is 2.47. The lowest BCUT2D eigenvalue weighted by Crippen LogP contribution is -2.52. The van der Waals surface area contributed by atoms with Crippen molar-refractivity contribution in [2.24, 2.45) is 0 Å². The Morgan fingerprint density at radius 1 is 1.07 bits per heavy atom. The van der Waals surface area contributed by atoms with Crippen molar-refractivity contribution in [2.75, 3.05) is 38.7 Å². The third-order valence-electron chi connectivity index (χ3n) is 6.99. The van der Waals surface area contributed by atoms with Crippen molar-refractivity contribution < 1.29 is 36.9 Å². The average Bonchev–Trinajstić information content (AvgIpc) is 3.55. The van der Waals surface area contributed by atoms with E-state index >= 15 is 8.78 Å². The lowest BCUT2D eigenvalue weighted by atomic mass is 9.86. The maximum absolute atomic E-state index is 15.2. The van der Waals surface area contributed by atoms with E-state index in [0.717, 1.165) is 0 Å². The number of carbonyl (C=O) groups excluding carboxylic acids is 1. The van der Waals surface area contributed by atoms with Gasteiger partial charge in [-0.15, -0.1) is 0 Å². The summed E-state index contributed by atoms with van der Waals surface area (Å²) in [5.74, 6) is -3.59. The molecule has 2 atom stereocenters. The maximum atomic E-state index is 15.2. The Bertz CT molecular complexity index is 1320. The zero-order chi connectivity index (χ0) is 30.3. The van der Waals surface area contributed by atoms with Crippen molar-refractivity contribution in [3.05, 3.63) is 71.8 Å². The van der Waals surface area contributed by atoms with Crippen molar-refractivity contribution >= 4 is 11.7 Å². The van der Waals surface area contributed by atoms with Gasteiger partial charge in [-0.3, -0.25) is 9.69 Å². The summed E-state index contributed by atoms with van der Waals surface area (Å²) in [6.07, 6.45) is 1.65. The number of ether oxygens (including phenoxy) is 4. The Morgan fingerprint density at radius 2 is 1.76 bits per heavy atom. The molecule has 2 fully saturated rings. The molecular weight excluding hydrogens is 553 g/mol. The Morgan fingerprint density at radius 3 is 2.40 bits per heavy atom. The molecule has 1 amide bonds. The van der Waals surface area contributed by atoms with Gasteiger partial charge < -0.3 is 24.3 Å². The lowest BCUT2D eigenvalue weighted by Gasteiger charge is -2.40. The summed E-state index contributed by atoms with van der Waals surface area (Å²) >= 11 is 0. The van der Waals surface area contributed by atoms with Crippen LogP contribution >= 0.6 is 0 Å². The van der Waals surface area contributed by atoms with E-state index < -0.39 is 30.6 Å². The molecule has 2 aliphatic heterocycles. The summed E-state index contributed by atoms with van der Waals surface area (Å²) in [4.78, 5) is 23.2. The van der Waals surface area contributed by atoms with Crippen LogP contribution < -0.4 is 14.8 Å². The predicted molar refractivity (Wildman–Crippen MR) is 149 cm³/mol. The standard InChI is InChI=1S/C28H29F3N4O5.C2H6/c1-17(25(36)34-24-8-7-21(15-32-24)40-20-5-3-19(29)4-6-20)35-10-9-28(30,31)23(16-35)18-13-22(26(37-2)33-14-18)27-38-11-12-39-27;1-2/h3-8,13-15,17,23,27H,9-12,16H2,1-2H3,(H,32,34,36);1-2H3. The number of hydrogen-bond donors (Lipinski definition) is 1. The first-order valence-electron chi connectivity index (χ1n) is 13.8. The average molecular weight is 589 g/mol. The minimum atomic E-state index is -3.00. The molecule has 42 heavy (non-hydrogen) atoms. The number of hydrogen-bond acceptors (Lipinski definition) is 8. The Kier molecular flexibility index (Phi) is 10.4. The van der Waals surface area contributed by atoms with Gasteiger partial charge in [0.25, 0.3) is 5.92 Å². The molecule has 2 unspecified atom stereocenters. The van der Waals surface area contributed by atoms with Gasteiger partial charge in [-0.25, -0.2) is 23.1 Å². The van der Waals surface area contributed by atoms with Crippen LogP contribution in [0.5, 0.6) is 17.4 Å². The van der Waals surface area contributed by atoms with E-state index in [9.17, 15) is 9.18 Å². The molecule has 0 bridgehead atoms. The summed E-state index contributed by atoms with van der Waals surface area (Å²) in [5, 5.41) is 2.73. The molecule has 1 N–H and O–H groups in total. The molecule has 4 heterocycles. The van der Waals surface area contributed by atoms with Gasteiger partial charge >= 0.3 is 0 Å². The van der Waals surface area contributed by atoms with Crippen molar-refractivity contribution in [1.29, 1.82) is 0 Å². The van der Waals surface area contributed by atoms with Crippen molar-refractivity contribution in [3.8, 4) is 17.4 Å². The number of carbonyl (C=O) groups is 1. The van der Waals surface area contributed by atoms with Crippen LogP contribution in [-0.4, -0.2) is 66.2 Å². The van der Waals surface area contributed by atoms with Gasteiger partial charge in [0, 0.05) is 25.7 Å². The van der Waals surface area contributed by atoms with Crippen LogP contribution in [0.15, 0.2) is 54.9 Å². The summed E-state index contributed by atoms with van der Waals surface area (Å²) in [7, 11) is 1.44. The van der Waals surface area contributed by atoms with Crippen LogP contribution in [0, 0.1) is 5.82 Å². The molecule has 5 rings (SSSR count). The van der Waals surface area contributed by atoms with Crippen molar-refractivity contribution in [1.82, 2.24) is 14.9 Å². The second-order valence-electron chi connectivity index (χ2n) is 9.60. The fourth-order valence-electron chi connectivity index (χ4n) is 4.73. The largest absolute Gasteiger partial charge is 0.481 e. The maximum Gasteiger partial charge on any atom is 0.257 e. The van der Waals surface area contributed by atoms with E-state index in [4.69, 9.17) is 18.9 Å². The quantitative estimate of drug-likeness (QED) is 0.346. The first kappa shape index (κ1) is 31.2. The summed E-state index contributed by atoms with van der Waals surface area (Å²) in [5.41, 5.74) is 0.768. The van der Waals surface area contributed by atoms with Gasteiger partial charge in [0.15, 0.2) is 6.29 Å². The second kappa shape index (κ2) is 14.0. The van der Waals surface area contributed by atoms with Gasteiger partial charge in [-0.05, 0) is 55.0 Å². The summed E-state index contributed by atoms with van der Waals surface area (Å²) in [6, 6.07) is 9.60. The number of methoxy groups -OCH3 is 1. The third kappa shape index (κ3) is 7.36. The minimum absolute atomic E-state index is 0.0429. The Balaban J connectivity index is 0.00000198. The number of piperidine rings is 1. The number of alkyl halides is 2. The summed E-state index contributed by atoms with van der Waals surface area (Å²) in [6.45, 7) is 6.42. The van der Waals surface area contributed by atoms with Gasteiger partial charge in [0.1, 0.15) is 23.1 Å². The number of aromatic nitrogens is 2. The number of nitrogens with one attached hydrogen (secondary N) is 1. The number of halogens is 3. The minimum Gasteiger partial charge on any atom is -0.481 e. The Labute approximate surface area is 243 Å². The number of pyridine rings is 2. The third-order valence-corrected chi connectivity index (χ3v) is 6.99. The molecule has 2 aliphatic rings. The predicted octanol–water partition coefficient (Wildman–Crippen LogP) is 5.94. The zero-order valence-electron chi connectivity index (χ0n) is 24.0. The number of benzene rings is 1. The SMILES string of the molecule is CC.COc1ncc(C2CN(C(C)C(=O)Nc3ccc(Oc4ccc(F)cc4)cn3)CCC2(F)F)cc1C1OCCO1. The molecule has 12 heteroatoms. The van der Waals surface area contributed by atoms with E-state index in [2.05, 4.69) is 15.3 Å². The van der Waals surface area contributed by atoms with Crippen LogP contribution in [0.25, 0.3) is 0 Å². The zero-order valence-corrected chi connectivity index (χ0v) is 24.0. The molecule has 0 saturated carbocycles. The highest BCUT2D eigenvalue weighted by molar-refractivity contribution is 5.93. The van der Waals surface area contributed by atoms with Crippen molar-refractivity contribution in [3.63, 3.8) is 0 Å². The van der Waals surface area contributed by atoms with Gasteiger partial charge in [0.2, 0.25) is 11.8 Å². The van der Waals surface area contributed by atoms with Crippen LogP contribution in [0.1, 0.15) is 50.5 Å². The molecule has 1 aromatic carbocycles. The van der Waals surface area contributed by atoms with Crippen molar-refractivity contribution in [2.45, 2.75) is 51.4 Å². The topological polar surface area (TPSA) is 95.0 Å². The fourth-order valence-corrected chi connectivity index (χ4v) is 4.73. The van der Waals surface area contributed by atoms with Crippen LogP contribution in [0.3, 0.4) is 0 Å². The van der Waals surface area contributed by atoms with Crippen LogP contribution in [-0.2, 0) is 14.3 Å². The molecule has 226 valence electrons. The molecule has 2 aromatic heterocycles. The molecule has 0 radical (unpaired) electrons. The van der Waals surface area contributed by atoms with E-state index in [1.54, 1.807) is 30.0 Å². The molecule has 0 aliphatic carbocycles. The number of rotatable bonds is 8. The lowest BCUT2D eigenvalue weighted by molar-refractivity contribution is -0.125. The normalized spacial score (nSPS) is 19.4. The van der Waals surface area contributed by atoms with E-state index in [1.165, 1.54) is 43.8 Å². The first-order chi connectivity index (χ1) is 20.2. The second-order valence-corrected chi connectivity index (χ2v) is 9.60. The smallest absolute Gasteiger partial charge is 0.257 e.